The number of carbonyl (C=O) groups is 2. The topological polar surface area (TPSA) is 74.6 Å². The summed E-state index contributed by atoms with van der Waals surface area (Å²) in [5, 5.41) is 9.93. The molecular weight excluding hydrogens is 342 g/mol. The van der Waals surface area contributed by atoms with Crippen LogP contribution in [0, 0.1) is 0 Å². The number of aromatic nitrogens is 1. The van der Waals surface area contributed by atoms with Crippen LogP contribution in [0.5, 0.6) is 0 Å². The van der Waals surface area contributed by atoms with Gasteiger partial charge >= 0.3 is 0 Å². The number of fused-ring (bicyclic) bond motifs is 3. The van der Waals surface area contributed by atoms with Crippen LogP contribution in [-0.2, 0) is 24.3 Å². The molecule has 138 valence electrons. The van der Waals surface area contributed by atoms with Gasteiger partial charge in [0.2, 0.25) is 5.91 Å². The zero-order chi connectivity index (χ0) is 19.0. The van der Waals surface area contributed by atoms with Crippen LogP contribution in [0.2, 0.25) is 0 Å². The molecule has 6 nitrogen and oxygen atoms in total. The normalized spacial score (nSPS) is 13.5. The summed E-state index contributed by atoms with van der Waals surface area (Å²) in [7, 11) is 0. The molecule has 0 unspecified atom stereocenters. The Morgan fingerprint density at radius 2 is 1.85 bits per heavy atom. The summed E-state index contributed by atoms with van der Waals surface area (Å²) in [4.78, 5) is 25.2. The third-order valence-electron chi connectivity index (χ3n) is 5.27. The van der Waals surface area contributed by atoms with Gasteiger partial charge in [0.25, 0.3) is 5.91 Å². The van der Waals surface area contributed by atoms with Crippen LogP contribution in [0.1, 0.15) is 34.1 Å². The summed E-state index contributed by atoms with van der Waals surface area (Å²) in [6.07, 6.45) is 0.828. The van der Waals surface area contributed by atoms with Crippen molar-refractivity contribution in [3.63, 3.8) is 0 Å². The second-order valence-electron chi connectivity index (χ2n) is 6.86. The van der Waals surface area contributed by atoms with E-state index in [1.807, 2.05) is 29.2 Å². The highest BCUT2D eigenvalue weighted by Crippen LogP contribution is 2.31. The lowest BCUT2D eigenvalue weighted by Gasteiger charge is -2.27. The Balaban J connectivity index is 1.72. The van der Waals surface area contributed by atoms with E-state index in [2.05, 4.69) is 16.7 Å². The number of benzene rings is 2. The van der Waals surface area contributed by atoms with Crippen molar-refractivity contribution >= 4 is 22.7 Å². The van der Waals surface area contributed by atoms with E-state index in [1.54, 1.807) is 24.5 Å². The molecular formula is C21H21N3O3. The summed E-state index contributed by atoms with van der Waals surface area (Å²) in [6.45, 7) is 3.69. The molecule has 0 atom stereocenters. The van der Waals surface area contributed by atoms with E-state index in [0.717, 1.165) is 24.0 Å². The van der Waals surface area contributed by atoms with Gasteiger partial charge < -0.3 is 9.47 Å². The fourth-order valence-electron chi connectivity index (χ4n) is 3.86. The fourth-order valence-corrected chi connectivity index (χ4v) is 3.86. The molecule has 2 aromatic carbocycles. The molecule has 0 saturated carbocycles. The first-order valence-corrected chi connectivity index (χ1v) is 8.96. The van der Waals surface area contributed by atoms with Crippen molar-refractivity contribution in [3.8, 4) is 0 Å². The van der Waals surface area contributed by atoms with Gasteiger partial charge in [0.15, 0.2) is 0 Å². The summed E-state index contributed by atoms with van der Waals surface area (Å²) in [5.41, 5.74) is 6.79. The van der Waals surface area contributed by atoms with E-state index in [4.69, 9.17) is 5.21 Å². The zero-order valence-corrected chi connectivity index (χ0v) is 15.1. The molecule has 4 rings (SSSR count). The Morgan fingerprint density at radius 3 is 2.56 bits per heavy atom. The van der Waals surface area contributed by atoms with E-state index in [1.165, 1.54) is 16.6 Å². The van der Waals surface area contributed by atoms with Gasteiger partial charge in [0, 0.05) is 60.7 Å². The molecule has 1 aliphatic heterocycles. The maximum Gasteiger partial charge on any atom is 0.274 e. The number of hydrogen-bond acceptors (Lipinski definition) is 3. The molecule has 27 heavy (non-hydrogen) atoms. The minimum Gasteiger partial charge on any atom is -0.340 e. The smallest absolute Gasteiger partial charge is 0.274 e. The number of para-hydroxylation sites is 1. The quantitative estimate of drug-likeness (QED) is 0.555. The molecule has 6 heteroatoms. The molecule has 2 heterocycles. The van der Waals surface area contributed by atoms with E-state index in [9.17, 15) is 9.59 Å². The number of rotatable bonds is 3. The molecule has 3 aromatic rings. The number of nitrogens with zero attached hydrogens (tertiary/aromatic N) is 2. The van der Waals surface area contributed by atoms with Crippen LogP contribution in [0.15, 0.2) is 48.5 Å². The Labute approximate surface area is 157 Å². The van der Waals surface area contributed by atoms with Gasteiger partial charge in [0.1, 0.15) is 0 Å². The Kier molecular flexibility index (Phi) is 4.41. The minimum absolute atomic E-state index is 0.107. The van der Waals surface area contributed by atoms with Gasteiger partial charge in [-0.2, -0.15) is 0 Å². The Bertz CT molecular complexity index is 1020. The van der Waals surface area contributed by atoms with Crippen LogP contribution in [0.4, 0.5) is 0 Å². The molecule has 0 aliphatic carbocycles. The maximum absolute atomic E-state index is 11.8. The molecule has 2 amide bonds. The van der Waals surface area contributed by atoms with Gasteiger partial charge in [-0.3, -0.25) is 14.8 Å². The Hall–Kier alpha value is -3.12. The van der Waals surface area contributed by atoms with Gasteiger partial charge in [0.05, 0.1) is 0 Å². The molecule has 1 aliphatic rings. The Morgan fingerprint density at radius 1 is 1.11 bits per heavy atom. The van der Waals surface area contributed by atoms with E-state index >= 15 is 0 Å². The maximum atomic E-state index is 11.8. The molecule has 0 bridgehead atoms. The average Bonchev–Trinajstić information content (AvgIpc) is 3.01. The van der Waals surface area contributed by atoms with Crippen molar-refractivity contribution < 1.29 is 14.8 Å². The second-order valence-corrected chi connectivity index (χ2v) is 6.86. The summed E-state index contributed by atoms with van der Waals surface area (Å²) < 4.78 is 2.31. The monoisotopic (exact) mass is 363 g/mol. The predicted molar refractivity (Wildman–Crippen MR) is 102 cm³/mol. The molecule has 1 aromatic heterocycles. The zero-order valence-electron chi connectivity index (χ0n) is 15.1. The standard InChI is InChI=1S/C21H21N3O3/c1-14(25)23-11-10-20-18(13-23)17-4-2-3-5-19(17)24(20)12-15-6-8-16(9-7-15)21(26)22-27/h2-9,27H,10-13H2,1H3,(H,22,26). The lowest BCUT2D eigenvalue weighted by molar-refractivity contribution is -0.129. The number of hydrogen-bond donors (Lipinski definition) is 2. The highest BCUT2D eigenvalue weighted by molar-refractivity contribution is 5.93. The van der Waals surface area contributed by atoms with Crippen molar-refractivity contribution in [1.29, 1.82) is 0 Å². The van der Waals surface area contributed by atoms with E-state index < -0.39 is 5.91 Å². The summed E-state index contributed by atoms with van der Waals surface area (Å²) >= 11 is 0. The molecule has 0 radical (unpaired) electrons. The lowest BCUT2D eigenvalue weighted by atomic mass is 10.0. The van der Waals surface area contributed by atoms with Crippen molar-refractivity contribution in [2.75, 3.05) is 6.54 Å². The minimum atomic E-state index is -0.519. The van der Waals surface area contributed by atoms with Crippen LogP contribution < -0.4 is 5.48 Å². The highest BCUT2D eigenvalue weighted by atomic mass is 16.5. The van der Waals surface area contributed by atoms with E-state index in [-0.39, 0.29) is 5.91 Å². The SMILES string of the molecule is CC(=O)N1CCc2c(c3ccccc3n2Cc2ccc(C(=O)NO)cc2)C1. The van der Waals surface area contributed by atoms with Gasteiger partial charge in [-0.05, 0) is 23.8 Å². The highest BCUT2D eigenvalue weighted by Gasteiger charge is 2.25. The van der Waals surface area contributed by atoms with Crippen LogP contribution in [0.3, 0.4) is 0 Å². The third kappa shape index (κ3) is 3.08. The average molecular weight is 363 g/mol. The molecule has 0 saturated heterocycles. The summed E-state index contributed by atoms with van der Waals surface area (Å²) in [5.74, 6) is -0.412. The summed E-state index contributed by atoms with van der Waals surface area (Å²) in [6, 6.07) is 15.5. The first-order chi connectivity index (χ1) is 13.1. The van der Waals surface area contributed by atoms with E-state index in [0.29, 0.717) is 18.7 Å². The van der Waals surface area contributed by atoms with Crippen molar-refractivity contribution in [3.05, 3.63) is 70.9 Å². The first kappa shape index (κ1) is 17.3. The van der Waals surface area contributed by atoms with Gasteiger partial charge in [-0.1, -0.05) is 30.3 Å². The largest absolute Gasteiger partial charge is 0.340 e. The van der Waals surface area contributed by atoms with Crippen LogP contribution in [-0.4, -0.2) is 33.0 Å². The van der Waals surface area contributed by atoms with Gasteiger partial charge in [-0.25, -0.2) is 5.48 Å². The molecule has 2 N–H and O–H groups in total. The molecule has 0 spiro atoms. The van der Waals surface area contributed by atoms with Crippen LogP contribution >= 0.6 is 0 Å². The second kappa shape index (κ2) is 6.89. The van der Waals surface area contributed by atoms with Crippen molar-refractivity contribution in [2.45, 2.75) is 26.4 Å². The van der Waals surface area contributed by atoms with Crippen LogP contribution in [0.25, 0.3) is 10.9 Å². The number of nitrogens with one attached hydrogen (secondary N) is 1. The number of hydroxylamine groups is 1. The lowest BCUT2D eigenvalue weighted by Crippen LogP contribution is -2.34. The fraction of sp³-hybridized carbons (Fsp3) is 0.238. The van der Waals surface area contributed by atoms with Crippen molar-refractivity contribution in [2.24, 2.45) is 0 Å². The first-order valence-electron chi connectivity index (χ1n) is 8.96. The third-order valence-corrected chi connectivity index (χ3v) is 5.27. The number of amides is 2. The molecule has 0 fully saturated rings. The van der Waals surface area contributed by atoms with Gasteiger partial charge in [-0.15, -0.1) is 0 Å². The number of carbonyl (C=O) groups excluding carboxylic acids is 2. The predicted octanol–water partition coefficient (Wildman–Crippen LogP) is 2.71. The van der Waals surface area contributed by atoms with Crippen molar-refractivity contribution in [1.82, 2.24) is 14.9 Å².